The second-order valence-electron chi connectivity index (χ2n) is 3.17. The summed E-state index contributed by atoms with van der Waals surface area (Å²) in [5.74, 6) is 0. The normalized spacial score (nSPS) is 15.6. The van der Waals surface area contributed by atoms with Gasteiger partial charge in [-0.05, 0) is 18.1 Å². The van der Waals surface area contributed by atoms with Gasteiger partial charge < -0.3 is 0 Å². The zero-order valence-electron chi connectivity index (χ0n) is 7.48. The van der Waals surface area contributed by atoms with Crippen LogP contribution in [0, 0.1) is 0 Å². The molecule has 1 aliphatic rings. The molecule has 0 amide bonds. The Hall–Kier alpha value is -0.740. The maximum Gasteiger partial charge on any atom is 0.249 e. The van der Waals surface area contributed by atoms with Gasteiger partial charge >= 0.3 is 0 Å². The van der Waals surface area contributed by atoms with Crippen molar-refractivity contribution < 1.29 is 8.42 Å². The topological polar surface area (TPSA) is 37.4 Å². The first-order valence-corrected chi connectivity index (χ1v) is 6.44. The molecule has 0 saturated heterocycles. The molecule has 0 fully saturated rings. The van der Waals surface area contributed by atoms with E-state index in [9.17, 15) is 8.42 Å². The van der Waals surface area contributed by atoms with E-state index >= 15 is 0 Å². The largest absolute Gasteiger partial charge is 0.269 e. The third kappa shape index (κ3) is 1.48. The summed E-state index contributed by atoms with van der Waals surface area (Å²) in [6, 6.07) is 7.50. The van der Waals surface area contributed by atoms with Gasteiger partial charge in [-0.1, -0.05) is 18.2 Å². The lowest BCUT2D eigenvalue weighted by Gasteiger charge is -2.17. The maximum absolute atomic E-state index is 11.6. The Balaban J connectivity index is 2.45. The van der Waals surface area contributed by atoms with Crippen molar-refractivity contribution in [2.24, 2.45) is 0 Å². The first-order chi connectivity index (χ1) is 6.65. The molecular formula is C9H10ClNO2S. The summed E-state index contributed by atoms with van der Waals surface area (Å²) in [5.41, 5.74) is 1.84. The zero-order valence-corrected chi connectivity index (χ0v) is 9.05. The first-order valence-electron chi connectivity index (χ1n) is 4.29. The van der Waals surface area contributed by atoms with Gasteiger partial charge in [0.15, 0.2) is 0 Å². The van der Waals surface area contributed by atoms with Crippen LogP contribution < -0.4 is 4.31 Å². The summed E-state index contributed by atoms with van der Waals surface area (Å²) in [4.78, 5) is 0. The van der Waals surface area contributed by atoms with Crippen LogP contribution in [0.1, 0.15) is 5.56 Å². The Morgan fingerprint density at radius 1 is 1.36 bits per heavy atom. The molecule has 0 N–H and O–H groups in total. The quantitative estimate of drug-likeness (QED) is 0.725. The van der Waals surface area contributed by atoms with E-state index in [2.05, 4.69) is 0 Å². The van der Waals surface area contributed by atoms with Gasteiger partial charge in [0, 0.05) is 6.54 Å². The van der Waals surface area contributed by atoms with Crippen molar-refractivity contribution in [3.05, 3.63) is 29.8 Å². The maximum atomic E-state index is 11.6. The molecule has 1 aliphatic heterocycles. The van der Waals surface area contributed by atoms with Gasteiger partial charge in [-0.2, -0.15) is 0 Å². The van der Waals surface area contributed by atoms with Crippen LogP contribution >= 0.6 is 11.6 Å². The number of benzene rings is 1. The van der Waals surface area contributed by atoms with E-state index < -0.39 is 10.0 Å². The molecular weight excluding hydrogens is 222 g/mol. The fourth-order valence-corrected chi connectivity index (χ4v) is 2.97. The van der Waals surface area contributed by atoms with Crippen LogP contribution in [0.4, 0.5) is 5.69 Å². The van der Waals surface area contributed by atoms with Crippen LogP contribution in [0.5, 0.6) is 0 Å². The van der Waals surface area contributed by atoms with E-state index in [1.165, 1.54) is 4.31 Å². The molecule has 3 nitrogen and oxygen atoms in total. The molecule has 0 unspecified atom stereocenters. The smallest absolute Gasteiger partial charge is 0.249 e. The molecule has 0 aliphatic carbocycles. The number of hydrogen-bond acceptors (Lipinski definition) is 2. The zero-order chi connectivity index (χ0) is 10.2. The van der Waals surface area contributed by atoms with Crippen molar-refractivity contribution >= 4 is 27.3 Å². The van der Waals surface area contributed by atoms with Gasteiger partial charge in [-0.15, -0.1) is 11.6 Å². The SMILES string of the molecule is O=S(=O)(CCl)N1CCc2ccccc21. The number of para-hydroxylation sites is 1. The summed E-state index contributed by atoms with van der Waals surface area (Å²) in [7, 11) is -3.31. The lowest BCUT2D eigenvalue weighted by Crippen LogP contribution is -2.29. The minimum absolute atomic E-state index is 0.360. The van der Waals surface area contributed by atoms with E-state index in [1.807, 2.05) is 24.3 Å². The number of rotatable bonds is 2. The van der Waals surface area contributed by atoms with Crippen molar-refractivity contribution in [3.63, 3.8) is 0 Å². The molecule has 14 heavy (non-hydrogen) atoms. The van der Waals surface area contributed by atoms with Crippen LogP contribution in [0.3, 0.4) is 0 Å². The summed E-state index contributed by atoms with van der Waals surface area (Å²) in [6.07, 6.45) is 0.770. The number of hydrogen-bond donors (Lipinski definition) is 0. The monoisotopic (exact) mass is 231 g/mol. The number of anilines is 1. The highest BCUT2D eigenvalue weighted by Gasteiger charge is 2.27. The van der Waals surface area contributed by atoms with Crippen molar-refractivity contribution in [1.82, 2.24) is 0 Å². The molecule has 1 heterocycles. The highest BCUT2D eigenvalue weighted by molar-refractivity contribution is 7.93. The van der Waals surface area contributed by atoms with Gasteiger partial charge in [0.1, 0.15) is 5.21 Å². The summed E-state index contributed by atoms with van der Waals surface area (Å²) in [5, 5.41) is -0.360. The minimum atomic E-state index is -3.31. The number of nitrogens with zero attached hydrogens (tertiary/aromatic N) is 1. The molecule has 0 spiro atoms. The fraction of sp³-hybridized carbons (Fsp3) is 0.333. The molecule has 0 bridgehead atoms. The third-order valence-corrected chi connectivity index (χ3v) is 4.47. The highest BCUT2D eigenvalue weighted by Crippen LogP contribution is 2.30. The van der Waals surface area contributed by atoms with Crippen molar-refractivity contribution in [2.75, 3.05) is 16.1 Å². The molecule has 76 valence electrons. The highest BCUT2D eigenvalue weighted by atomic mass is 35.5. The number of alkyl halides is 1. The van der Waals surface area contributed by atoms with E-state index in [1.54, 1.807) is 0 Å². The van der Waals surface area contributed by atoms with Crippen molar-refractivity contribution in [1.29, 1.82) is 0 Å². The average molecular weight is 232 g/mol. The van der Waals surface area contributed by atoms with E-state index in [0.717, 1.165) is 17.7 Å². The Labute approximate surface area is 88.3 Å². The minimum Gasteiger partial charge on any atom is -0.269 e. The third-order valence-electron chi connectivity index (χ3n) is 2.32. The van der Waals surface area contributed by atoms with Crippen molar-refractivity contribution in [2.45, 2.75) is 6.42 Å². The molecule has 1 aromatic rings. The van der Waals surface area contributed by atoms with E-state index in [0.29, 0.717) is 6.54 Å². The predicted octanol–water partition coefficient (Wildman–Crippen LogP) is 1.58. The lowest BCUT2D eigenvalue weighted by atomic mass is 10.2. The van der Waals surface area contributed by atoms with Crippen LogP contribution in [-0.2, 0) is 16.4 Å². The molecule has 5 heteroatoms. The van der Waals surface area contributed by atoms with Gasteiger partial charge in [-0.3, -0.25) is 4.31 Å². The second kappa shape index (κ2) is 3.44. The Kier molecular flexibility index (Phi) is 2.41. The molecule has 2 rings (SSSR count). The Morgan fingerprint density at radius 2 is 2.07 bits per heavy atom. The Morgan fingerprint density at radius 3 is 2.79 bits per heavy atom. The first kappa shape index (κ1) is 9.80. The van der Waals surface area contributed by atoms with Gasteiger partial charge in [-0.25, -0.2) is 8.42 Å². The van der Waals surface area contributed by atoms with Gasteiger partial charge in [0.05, 0.1) is 5.69 Å². The molecule has 0 atom stereocenters. The number of halogens is 1. The van der Waals surface area contributed by atoms with Crippen LogP contribution in [0.25, 0.3) is 0 Å². The fourth-order valence-electron chi connectivity index (χ4n) is 1.66. The standard InChI is InChI=1S/C9H10ClNO2S/c10-7-14(12,13)11-6-5-8-3-1-2-4-9(8)11/h1-4H,5-7H2. The average Bonchev–Trinajstić information content (AvgIpc) is 2.61. The van der Waals surface area contributed by atoms with Crippen LogP contribution in [-0.4, -0.2) is 20.2 Å². The molecule has 0 radical (unpaired) electrons. The molecule has 0 aromatic heterocycles. The number of fused-ring (bicyclic) bond motifs is 1. The second-order valence-corrected chi connectivity index (χ2v) is 5.65. The summed E-state index contributed by atoms with van der Waals surface area (Å²) in [6.45, 7) is 0.508. The van der Waals surface area contributed by atoms with E-state index in [-0.39, 0.29) is 5.21 Å². The van der Waals surface area contributed by atoms with Crippen molar-refractivity contribution in [3.8, 4) is 0 Å². The molecule has 0 saturated carbocycles. The lowest BCUT2D eigenvalue weighted by molar-refractivity contribution is 0.597. The Bertz CT molecular complexity index is 444. The number of sulfonamides is 1. The molecule has 1 aromatic carbocycles. The summed E-state index contributed by atoms with van der Waals surface area (Å²) < 4.78 is 24.5. The van der Waals surface area contributed by atoms with Crippen LogP contribution in [0.2, 0.25) is 0 Å². The predicted molar refractivity (Wildman–Crippen MR) is 57.1 cm³/mol. The van der Waals surface area contributed by atoms with Crippen LogP contribution in [0.15, 0.2) is 24.3 Å². The van der Waals surface area contributed by atoms with Gasteiger partial charge in [0.2, 0.25) is 10.0 Å². The van der Waals surface area contributed by atoms with E-state index in [4.69, 9.17) is 11.6 Å². The summed E-state index contributed by atoms with van der Waals surface area (Å²) >= 11 is 5.41. The van der Waals surface area contributed by atoms with Gasteiger partial charge in [0.25, 0.3) is 0 Å².